The Bertz CT molecular complexity index is 893. The van der Waals surface area contributed by atoms with Crippen LogP contribution in [0.4, 0.5) is 0 Å². The largest absolute Gasteiger partial charge is 0.474 e. The van der Waals surface area contributed by atoms with Crippen molar-refractivity contribution in [3.63, 3.8) is 0 Å². The number of nitrogens with zero attached hydrogens (tertiary/aromatic N) is 2. The number of hydrogen-bond acceptors (Lipinski definition) is 5. The first-order valence-electron chi connectivity index (χ1n) is 9.73. The third-order valence-corrected chi connectivity index (χ3v) is 4.94. The highest BCUT2D eigenvalue weighted by atomic mass is 16.5. The minimum atomic E-state index is -0.402. The lowest BCUT2D eigenvalue weighted by atomic mass is 10.1. The summed E-state index contributed by atoms with van der Waals surface area (Å²) < 4.78 is 11.1. The Morgan fingerprint density at radius 1 is 1.21 bits per heavy atom. The van der Waals surface area contributed by atoms with Gasteiger partial charge in [-0.3, -0.25) is 14.5 Å². The first-order valence-corrected chi connectivity index (χ1v) is 9.73. The highest BCUT2D eigenvalue weighted by Crippen LogP contribution is 2.20. The zero-order chi connectivity index (χ0) is 20.1. The predicted octanol–water partition coefficient (Wildman–Crippen LogP) is 1.58. The van der Waals surface area contributed by atoms with E-state index >= 15 is 0 Å². The molecule has 1 aromatic rings. The van der Waals surface area contributed by atoms with Gasteiger partial charge in [-0.25, -0.2) is 4.99 Å². The summed E-state index contributed by atoms with van der Waals surface area (Å²) in [6.45, 7) is 4.70. The third kappa shape index (κ3) is 4.88. The lowest BCUT2D eigenvalue weighted by Crippen LogP contribution is -2.41. The van der Waals surface area contributed by atoms with E-state index in [0.717, 1.165) is 38.4 Å². The molecule has 2 heterocycles. The zero-order valence-electron chi connectivity index (χ0n) is 16.0. The molecule has 7 nitrogen and oxygen atoms in total. The molecule has 1 aliphatic carbocycles. The number of ether oxygens (including phenoxy) is 2. The fourth-order valence-electron chi connectivity index (χ4n) is 3.30. The lowest BCUT2D eigenvalue weighted by molar-refractivity contribution is -0.118. The number of aliphatic imine (C=N–C) groups is 1. The van der Waals surface area contributed by atoms with Crippen LogP contribution in [0.3, 0.4) is 0 Å². The van der Waals surface area contributed by atoms with Crippen LogP contribution in [0.1, 0.15) is 15.9 Å². The van der Waals surface area contributed by atoms with Gasteiger partial charge in [0, 0.05) is 31.7 Å². The summed E-state index contributed by atoms with van der Waals surface area (Å²) in [6.07, 6.45) is 8.62. The Balaban J connectivity index is 1.34. The van der Waals surface area contributed by atoms with Crippen LogP contribution in [-0.4, -0.2) is 67.9 Å². The summed E-state index contributed by atoms with van der Waals surface area (Å²) in [5, 5.41) is 2.94. The average molecular weight is 393 g/mol. The fourth-order valence-corrected chi connectivity index (χ4v) is 3.30. The molecule has 4 rings (SSSR count). The van der Waals surface area contributed by atoms with Gasteiger partial charge in [0.1, 0.15) is 0 Å². The molecule has 1 fully saturated rings. The van der Waals surface area contributed by atoms with Gasteiger partial charge >= 0.3 is 5.91 Å². The van der Waals surface area contributed by atoms with E-state index in [4.69, 9.17) is 9.47 Å². The fraction of sp³-hybridized carbons (Fsp3) is 0.318. The first-order chi connectivity index (χ1) is 14.2. The Kier molecular flexibility index (Phi) is 5.97. The summed E-state index contributed by atoms with van der Waals surface area (Å²) in [7, 11) is 0. The maximum Gasteiger partial charge on any atom is 0.312 e. The van der Waals surface area contributed by atoms with Crippen molar-refractivity contribution in [2.75, 3.05) is 39.4 Å². The normalized spacial score (nSPS) is 22.8. The highest BCUT2D eigenvalue weighted by Gasteiger charge is 2.26. The SMILES string of the molecule is O=C1N=C2C=CC=CC2O/C1=C\c1ccc(C(=O)NCCN2CCOCC2)cc1. The van der Waals surface area contributed by atoms with Crippen LogP contribution in [0.5, 0.6) is 0 Å². The monoisotopic (exact) mass is 393 g/mol. The summed E-state index contributed by atoms with van der Waals surface area (Å²) >= 11 is 0. The van der Waals surface area contributed by atoms with Crippen molar-refractivity contribution < 1.29 is 19.1 Å². The molecule has 150 valence electrons. The summed E-state index contributed by atoms with van der Waals surface area (Å²) in [6, 6.07) is 7.05. The van der Waals surface area contributed by atoms with Crippen LogP contribution in [0.25, 0.3) is 6.08 Å². The smallest absolute Gasteiger partial charge is 0.312 e. The van der Waals surface area contributed by atoms with Gasteiger partial charge < -0.3 is 14.8 Å². The van der Waals surface area contributed by atoms with Gasteiger partial charge in [-0.2, -0.15) is 0 Å². The van der Waals surface area contributed by atoms with E-state index in [-0.39, 0.29) is 17.8 Å². The van der Waals surface area contributed by atoms with Gasteiger partial charge in [0.05, 0.1) is 18.9 Å². The quantitative estimate of drug-likeness (QED) is 0.769. The van der Waals surface area contributed by atoms with Gasteiger partial charge in [-0.1, -0.05) is 24.3 Å². The van der Waals surface area contributed by atoms with Crippen molar-refractivity contribution in [1.82, 2.24) is 10.2 Å². The number of fused-ring (bicyclic) bond motifs is 1. The number of carbonyl (C=O) groups is 2. The van der Waals surface area contributed by atoms with Crippen molar-refractivity contribution in [3.8, 4) is 0 Å². The maximum atomic E-state index is 12.3. The molecule has 0 saturated carbocycles. The molecule has 2 amide bonds. The number of allylic oxidation sites excluding steroid dienone is 2. The number of benzene rings is 1. The van der Waals surface area contributed by atoms with Gasteiger partial charge in [0.2, 0.25) is 0 Å². The van der Waals surface area contributed by atoms with Crippen molar-refractivity contribution >= 4 is 23.6 Å². The number of amides is 2. The second-order valence-corrected chi connectivity index (χ2v) is 6.96. The van der Waals surface area contributed by atoms with Crippen LogP contribution in [0, 0.1) is 0 Å². The number of nitrogens with one attached hydrogen (secondary N) is 1. The minimum absolute atomic E-state index is 0.115. The molecule has 1 atom stereocenters. The van der Waals surface area contributed by atoms with Crippen molar-refractivity contribution in [2.45, 2.75) is 6.10 Å². The van der Waals surface area contributed by atoms with Crippen LogP contribution < -0.4 is 5.32 Å². The predicted molar refractivity (Wildman–Crippen MR) is 110 cm³/mol. The Hall–Kier alpha value is -3.03. The van der Waals surface area contributed by atoms with Crippen molar-refractivity contribution in [3.05, 3.63) is 65.5 Å². The summed E-state index contributed by atoms with van der Waals surface area (Å²) in [5.74, 6) is -0.321. The van der Waals surface area contributed by atoms with Gasteiger partial charge in [-0.05, 0) is 35.9 Å². The van der Waals surface area contributed by atoms with E-state index in [0.29, 0.717) is 17.8 Å². The van der Waals surface area contributed by atoms with Gasteiger partial charge in [0.25, 0.3) is 5.91 Å². The van der Waals surface area contributed by atoms with E-state index < -0.39 is 5.91 Å². The average Bonchev–Trinajstić information content (AvgIpc) is 2.75. The molecule has 0 bridgehead atoms. The number of hydrogen-bond donors (Lipinski definition) is 1. The Labute approximate surface area is 169 Å². The van der Waals surface area contributed by atoms with Crippen LogP contribution in [0.2, 0.25) is 0 Å². The first kappa shape index (κ1) is 19.3. The summed E-state index contributed by atoms with van der Waals surface area (Å²) in [5.41, 5.74) is 1.96. The molecule has 1 aromatic carbocycles. The standard InChI is InChI=1S/C22H23N3O4/c26-21(23-9-10-25-11-13-28-14-12-25)17-7-5-16(6-8-17)15-20-22(27)24-18-3-1-2-4-19(18)29-20/h1-8,15,19H,9-14H2,(H,23,26)/b20-15-. The van der Waals surface area contributed by atoms with Gasteiger partial charge in [-0.15, -0.1) is 0 Å². The molecule has 1 saturated heterocycles. The Morgan fingerprint density at radius 3 is 2.79 bits per heavy atom. The topological polar surface area (TPSA) is 80.2 Å². The van der Waals surface area contributed by atoms with Crippen molar-refractivity contribution in [1.29, 1.82) is 0 Å². The summed E-state index contributed by atoms with van der Waals surface area (Å²) in [4.78, 5) is 30.8. The third-order valence-electron chi connectivity index (χ3n) is 4.94. The maximum absolute atomic E-state index is 12.3. The molecular formula is C22H23N3O4. The van der Waals surface area contributed by atoms with Gasteiger partial charge in [0.15, 0.2) is 11.9 Å². The molecular weight excluding hydrogens is 370 g/mol. The molecule has 0 aromatic heterocycles. The number of carbonyl (C=O) groups excluding carboxylic acids is 2. The molecule has 29 heavy (non-hydrogen) atoms. The van der Waals surface area contributed by atoms with E-state index in [2.05, 4.69) is 15.2 Å². The van der Waals surface area contributed by atoms with E-state index in [1.807, 2.05) is 18.2 Å². The van der Waals surface area contributed by atoms with E-state index in [9.17, 15) is 9.59 Å². The molecule has 0 spiro atoms. The second kappa shape index (κ2) is 8.98. The Morgan fingerprint density at radius 2 is 2.00 bits per heavy atom. The molecule has 2 aliphatic heterocycles. The lowest BCUT2D eigenvalue weighted by Gasteiger charge is -2.26. The second-order valence-electron chi connectivity index (χ2n) is 6.96. The highest BCUT2D eigenvalue weighted by molar-refractivity contribution is 6.13. The molecule has 7 heteroatoms. The van der Waals surface area contributed by atoms with E-state index in [1.54, 1.807) is 36.4 Å². The van der Waals surface area contributed by atoms with E-state index in [1.165, 1.54) is 0 Å². The number of rotatable bonds is 5. The van der Waals surface area contributed by atoms with Crippen LogP contribution >= 0.6 is 0 Å². The molecule has 1 N–H and O–H groups in total. The van der Waals surface area contributed by atoms with Crippen molar-refractivity contribution in [2.24, 2.45) is 4.99 Å². The number of morpholine rings is 1. The minimum Gasteiger partial charge on any atom is -0.474 e. The molecule has 0 radical (unpaired) electrons. The zero-order valence-corrected chi connectivity index (χ0v) is 16.0. The molecule has 1 unspecified atom stereocenters. The van der Waals surface area contributed by atoms with Crippen LogP contribution in [0.15, 0.2) is 59.3 Å². The van der Waals surface area contributed by atoms with Crippen LogP contribution in [-0.2, 0) is 14.3 Å². The molecule has 3 aliphatic rings.